The van der Waals surface area contributed by atoms with E-state index in [0.717, 1.165) is 24.7 Å². The summed E-state index contributed by atoms with van der Waals surface area (Å²) >= 11 is 0. The molecule has 1 fully saturated rings. The van der Waals surface area contributed by atoms with E-state index in [9.17, 15) is 5.11 Å². The van der Waals surface area contributed by atoms with Gasteiger partial charge in [-0.15, -0.1) is 0 Å². The minimum Gasteiger partial charge on any atom is -0.513 e. The van der Waals surface area contributed by atoms with Crippen LogP contribution in [0.5, 0.6) is 0 Å². The second-order valence-corrected chi connectivity index (χ2v) is 4.50. The molecule has 1 N–H and O–H groups in total. The molecular formula is C11H20O. The molecule has 0 aromatic rings. The van der Waals surface area contributed by atoms with Gasteiger partial charge in [-0.25, -0.2) is 0 Å². The topological polar surface area (TPSA) is 20.2 Å². The average Bonchev–Trinajstić information content (AvgIpc) is 2.34. The maximum absolute atomic E-state index is 9.21. The van der Waals surface area contributed by atoms with E-state index in [1.54, 1.807) is 0 Å². The van der Waals surface area contributed by atoms with Gasteiger partial charge in [0.05, 0.1) is 5.76 Å². The van der Waals surface area contributed by atoms with Crippen molar-refractivity contribution in [3.8, 4) is 0 Å². The van der Waals surface area contributed by atoms with Gasteiger partial charge in [-0.3, -0.25) is 0 Å². The van der Waals surface area contributed by atoms with Crippen molar-refractivity contribution in [2.75, 3.05) is 0 Å². The monoisotopic (exact) mass is 168 g/mol. The first-order valence-corrected chi connectivity index (χ1v) is 4.97. The lowest BCUT2D eigenvalue weighted by molar-refractivity contribution is 0.322. The van der Waals surface area contributed by atoms with Gasteiger partial charge < -0.3 is 5.11 Å². The van der Waals surface area contributed by atoms with Crippen LogP contribution in [-0.2, 0) is 0 Å². The summed E-state index contributed by atoms with van der Waals surface area (Å²) in [5.74, 6) is 2.43. The van der Waals surface area contributed by atoms with Gasteiger partial charge in [0.2, 0.25) is 0 Å². The smallest absolute Gasteiger partial charge is 0.0882 e. The summed E-state index contributed by atoms with van der Waals surface area (Å²) in [7, 11) is 0. The highest BCUT2D eigenvalue weighted by atomic mass is 16.3. The molecule has 0 saturated heterocycles. The van der Waals surface area contributed by atoms with Crippen molar-refractivity contribution in [1.82, 2.24) is 0 Å². The zero-order valence-corrected chi connectivity index (χ0v) is 8.21. The highest BCUT2D eigenvalue weighted by Crippen LogP contribution is 2.37. The Balaban J connectivity index is 2.30. The zero-order chi connectivity index (χ0) is 9.14. The second-order valence-electron chi connectivity index (χ2n) is 4.50. The molecule has 1 nitrogen and oxygen atoms in total. The number of hydrogen-bond donors (Lipinski definition) is 1. The maximum Gasteiger partial charge on any atom is 0.0882 e. The Kier molecular flexibility index (Phi) is 3.19. The number of aliphatic hydroxyl groups is 1. The van der Waals surface area contributed by atoms with Gasteiger partial charge in [0, 0.05) is 5.92 Å². The molecule has 12 heavy (non-hydrogen) atoms. The molecule has 0 amide bonds. The van der Waals surface area contributed by atoms with E-state index in [2.05, 4.69) is 20.4 Å². The van der Waals surface area contributed by atoms with Crippen LogP contribution in [-0.4, -0.2) is 5.11 Å². The van der Waals surface area contributed by atoms with E-state index in [4.69, 9.17) is 0 Å². The van der Waals surface area contributed by atoms with Gasteiger partial charge in [-0.1, -0.05) is 20.4 Å². The van der Waals surface area contributed by atoms with Crippen LogP contribution in [0, 0.1) is 17.8 Å². The normalized spacial score (nSPS) is 29.6. The SMILES string of the molecule is C=C(O)C1CCC(CC(C)C)C1. The van der Waals surface area contributed by atoms with Crippen LogP contribution in [0.3, 0.4) is 0 Å². The van der Waals surface area contributed by atoms with Crippen LogP contribution >= 0.6 is 0 Å². The van der Waals surface area contributed by atoms with Crippen molar-refractivity contribution in [3.05, 3.63) is 12.3 Å². The standard InChI is InChI=1S/C11H20O/c1-8(2)6-10-4-5-11(7-10)9(3)12/h8,10-12H,3-7H2,1-2H3. The largest absolute Gasteiger partial charge is 0.513 e. The molecule has 0 aromatic heterocycles. The first-order chi connectivity index (χ1) is 5.59. The Morgan fingerprint density at radius 3 is 2.58 bits per heavy atom. The number of hydrogen-bond acceptors (Lipinski definition) is 1. The minimum absolute atomic E-state index is 0.397. The Labute approximate surface area is 75.5 Å². The summed E-state index contributed by atoms with van der Waals surface area (Å²) in [6.07, 6.45) is 4.90. The molecule has 0 aromatic carbocycles. The summed E-state index contributed by atoms with van der Waals surface area (Å²) in [5.41, 5.74) is 0. The van der Waals surface area contributed by atoms with E-state index in [0.29, 0.717) is 11.7 Å². The summed E-state index contributed by atoms with van der Waals surface area (Å²) in [5, 5.41) is 9.21. The van der Waals surface area contributed by atoms with E-state index in [-0.39, 0.29) is 0 Å². The van der Waals surface area contributed by atoms with Gasteiger partial charge in [0.25, 0.3) is 0 Å². The zero-order valence-electron chi connectivity index (χ0n) is 8.21. The van der Waals surface area contributed by atoms with Crippen molar-refractivity contribution in [2.45, 2.75) is 39.5 Å². The highest BCUT2D eigenvalue weighted by Gasteiger charge is 2.26. The lowest BCUT2D eigenvalue weighted by Gasteiger charge is -2.12. The lowest BCUT2D eigenvalue weighted by atomic mass is 9.94. The average molecular weight is 168 g/mol. The molecule has 1 aliphatic rings. The first-order valence-electron chi connectivity index (χ1n) is 4.97. The maximum atomic E-state index is 9.21. The third kappa shape index (κ3) is 2.54. The molecule has 0 spiro atoms. The highest BCUT2D eigenvalue weighted by molar-refractivity contribution is 4.93. The predicted molar refractivity (Wildman–Crippen MR) is 52.1 cm³/mol. The van der Waals surface area contributed by atoms with Crippen LogP contribution in [0.1, 0.15) is 39.5 Å². The van der Waals surface area contributed by atoms with E-state index < -0.39 is 0 Å². The molecule has 0 aliphatic heterocycles. The molecule has 0 bridgehead atoms. The van der Waals surface area contributed by atoms with Crippen LogP contribution in [0.4, 0.5) is 0 Å². The molecule has 1 saturated carbocycles. The van der Waals surface area contributed by atoms with Crippen molar-refractivity contribution in [1.29, 1.82) is 0 Å². The van der Waals surface area contributed by atoms with Crippen molar-refractivity contribution < 1.29 is 5.11 Å². The first kappa shape index (κ1) is 9.63. The molecule has 0 heterocycles. The minimum atomic E-state index is 0.397. The molecule has 1 aliphatic carbocycles. The summed E-state index contributed by atoms with van der Waals surface area (Å²) in [6, 6.07) is 0. The van der Waals surface area contributed by atoms with Gasteiger partial charge >= 0.3 is 0 Å². The summed E-state index contributed by atoms with van der Waals surface area (Å²) < 4.78 is 0. The Hall–Kier alpha value is -0.460. The molecule has 0 radical (unpaired) electrons. The predicted octanol–water partition coefficient (Wildman–Crippen LogP) is 3.52. The van der Waals surface area contributed by atoms with E-state index in [1.165, 1.54) is 12.8 Å². The fourth-order valence-electron chi connectivity index (χ4n) is 2.26. The molecule has 2 atom stereocenters. The third-order valence-corrected chi connectivity index (χ3v) is 2.82. The van der Waals surface area contributed by atoms with Crippen molar-refractivity contribution >= 4 is 0 Å². The molecule has 1 heteroatoms. The molecule has 1 rings (SSSR count). The van der Waals surface area contributed by atoms with Crippen LogP contribution in [0.25, 0.3) is 0 Å². The summed E-state index contributed by atoms with van der Waals surface area (Å²) in [4.78, 5) is 0. The second kappa shape index (κ2) is 3.97. The van der Waals surface area contributed by atoms with Gasteiger partial charge in [0.15, 0.2) is 0 Å². The van der Waals surface area contributed by atoms with Crippen LogP contribution in [0.2, 0.25) is 0 Å². The molecule has 70 valence electrons. The van der Waals surface area contributed by atoms with Crippen molar-refractivity contribution in [2.24, 2.45) is 17.8 Å². The quantitative estimate of drug-likeness (QED) is 0.639. The molecule has 2 unspecified atom stereocenters. The summed E-state index contributed by atoms with van der Waals surface area (Å²) in [6.45, 7) is 8.14. The van der Waals surface area contributed by atoms with Gasteiger partial charge in [-0.05, 0) is 37.5 Å². The van der Waals surface area contributed by atoms with Crippen LogP contribution in [0.15, 0.2) is 12.3 Å². The Morgan fingerprint density at radius 1 is 1.50 bits per heavy atom. The van der Waals surface area contributed by atoms with Gasteiger partial charge in [0.1, 0.15) is 0 Å². The van der Waals surface area contributed by atoms with Crippen LogP contribution < -0.4 is 0 Å². The van der Waals surface area contributed by atoms with E-state index >= 15 is 0 Å². The van der Waals surface area contributed by atoms with Crippen molar-refractivity contribution in [3.63, 3.8) is 0 Å². The van der Waals surface area contributed by atoms with Gasteiger partial charge in [-0.2, -0.15) is 0 Å². The number of rotatable bonds is 3. The Bertz CT molecular complexity index is 160. The third-order valence-electron chi connectivity index (χ3n) is 2.82. The fourth-order valence-corrected chi connectivity index (χ4v) is 2.26. The fraction of sp³-hybridized carbons (Fsp3) is 0.818. The number of aliphatic hydroxyl groups excluding tert-OH is 1. The lowest BCUT2D eigenvalue weighted by Crippen LogP contribution is -2.01. The Morgan fingerprint density at radius 2 is 2.17 bits per heavy atom. The number of allylic oxidation sites excluding steroid dienone is 1. The van der Waals surface area contributed by atoms with E-state index in [1.807, 2.05) is 0 Å². The molecular weight excluding hydrogens is 148 g/mol.